The first-order chi connectivity index (χ1) is 35.1. The summed E-state index contributed by atoms with van der Waals surface area (Å²) in [5.74, 6) is 0.915. The van der Waals surface area contributed by atoms with Gasteiger partial charge in [-0.15, -0.1) is 29.3 Å². The Kier molecular flexibility index (Phi) is 11.8. The minimum absolute atomic E-state index is 0. The number of para-hydroxylation sites is 4. The second-order valence-electron chi connectivity index (χ2n) is 24.4. The summed E-state index contributed by atoms with van der Waals surface area (Å²) in [6, 6.07) is 60.1. The predicted octanol–water partition coefficient (Wildman–Crippen LogP) is 18.2. The normalized spacial score (nSPS) is 12.7. The van der Waals surface area contributed by atoms with E-state index < -0.39 is 0 Å². The summed E-state index contributed by atoms with van der Waals surface area (Å²) in [6.45, 7) is 26.8. The van der Waals surface area contributed by atoms with Crippen molar-refractivity contribution in [3.05, 3.63) is 186 Å². The van der Waals surface area contributed by atoms with Gasteiger partial charge in [-0.25, -0.2) is 4.98 Å². The molecule has 75 heavy (non-hydrogen) atoms. The minimum atomic E-state index is -0.349. The first kappa shape index (κ1) is 49.9. The van der Waals surface area contributed by atoms with Gasteiger partial charge in [0.15, 0.2) is 11.2 Å². The van der Waals surface area contributed by atoms with Crippen LogP contribution < -0.4 is 0 Å². The molecule has 0 saturated carbocycles. The molecule has 0 radical (unpaired) electrons. The minimum Gasteiger partial charge on any atom is -0.507 e. The molecule has 0 amide bonds. The molecule has 0 spiro atoms. The molecule has 378 valence electrons. The van der Waals surface area contributed by atoms with E-state index in [0.29, 0.717) is 11.4 Å². The van der Waals surface area contributed by atoms with Crippen LogP contribution in [0.2, 0.25) is 0 Å². The summed E-state index contributed by atoms with van der Waals surface area (Å²) < 4.78 is 11.2. The van der Waals surface area contributed by atoms with Crippen molar-refractivity contribution >= 4 is 54.9 Å². The van der Waals surface area contributed by atoms with Crippen molar-refractivity contribution in [2.24, 2.45) is 0 Å². The number of benzene rings is 8. The Morgan fingerprint density at radius 2 is 1.11 bits per heavy atom. The summed E-state index contributed by atoms with van der Waals surface area (Å²) >= 11 is 0. The average molecular weight is 1160 g/mol. The van der Waals surface area contributed by atoms with E-state index in [0.717, 1.165) is 116 Å². The molecule has 12 rings (SSSR count). The number of phenols is 1. The molecule has 0 bridgehead atoms. The molecule has 0 saturated heterocycles. The van der Waals surface area contributed by atoms with Crippen LogP contribution in [0.3, 0.4) is 0 Å². The molecule has 10 aromatic rings. The molecule has 0 unspecified atom stereocenters. The number of phenolic OH excluding ortho intramolecular Hbond substituents is 1. The number of imidazole rings is 1. The van der Waals surface area contributed by atoms with E-state index in [1.807, 2.05) is 12.1 Å². The Morgan fingerprint density at radius 3 is 1.84 bits per heavy atom. The summed E-state index contributed by atoms with van der Waals surface area (Å²) in [6.07, 6.45) is 0. The Morgan fingerprint density at radius 1 is 0.480 bits per heavy atom. The monoisotopic (exact) mass is 1160 g/mol. The molecule has 0 fully saturated rings. The van der Waals surface area contributed by atoms with Crippen molar-refractivity contribution in [3.8, 4) is 62.0 Å². The van der Waals surface area contributed by atoms with Gasteiger partial charge < -0.3 is 14.1 Å². The van der Waals surface area contributed by atoms with Gasteiger partial charge in [0.1, 0.15) is 11.6 Å². The van der Waals surface area contributed by atoms with Crippen molar-refractivity contribution < 1.29 is 30.6 Å². The van der Waals surface area contributed by atoms with Gasteiger partial charge in [-0.3, -0.25) is 9.55 Å². The zero-order chi connectivity index (χ0) is 51.8. The van der Waals surface area contributed by atoms with Gasteiger partial charge in [-0.1, -0.05) is 185 Å². The molecule has 0 atom stereocenters. The van der Waals surface area contributed by atoms with Crippen LogP contribution in [0.1, 0.15) is 105 Å². The maximum absolute atomic E-state index is 12.7. The fraction of sp³-hybridized carbons (Fsp3) is 0.235. The van der Waals surface area contributed by atoms with Crippen molar-refractivity contribution in [2.45, 2.75) is 105 Å². The van der Waals surface area contributed by atoms with E-state index >= 15 is 0 Å². The Balaban J connectivity index is 0.00000602. The van der Waals surface area contributed by atoms with Crippen LogP contribution in [0.5, 0.6) is 5.75 Å². The Bertz CT molecular complexity index is 4180. The number of rotatable bonds is 5. The van der Waals surface area contributed by atoms with Crippen LogP contribution in [0, 0.1) is 6.07 Å². The van der Waals surface area contributed by atoms with E-state index in [4.69, 9.17) is 14.4 Å². The molecule has 7 heteroatoms. The number of aromatic hydroxyl groups is 1. The van der Waals surface area contributed by atoms with E-state index in [1.54, 1.807) is 0 Å². The number of fused-ring (bicyclic) bond motifs is 5. The number of hydrogen-bond acceptors (Lipinski definition) is 4. The van der Waals surface area contributed by atoms with Crippen LogP contribution >= 0.6 is 0 Å². The van der Waals surface area contributed by atoms with Crippen LogP contribution in [-0.2, 0) is 42.7 Å². The first-order valence-electron chi connectivity index (χ1n) is 26.0. The largest absolute Gasteiger partial charge is 0.507 e. The maximum Gasteiger partial charge on any atom is 0.152 e. The second-order valence-corrected chi connectivity index (χ2v) is 24.4. The number of hydrogen-bond donors (Lipinski definition) is 1. The molecular formula is C68H63N4O2Pt-. The van der Waals surface area contributed by atoms with Gasteiger partial charge in [0.25, 0.3) is 0 Å². The van der Waals surface area contributed by atoms with Gasteiger partial charge in [0, 0.05) is 48.7 Å². The molecule has 8 aromatic carbocycles. The summed E-state index contributed by atoms with van der Waals surface area (Å²) in [5, 5.41) is 16.1. The Labute approximate surface area is 454 Å². The fourth-order valence-electron chi connectivity index (χ4n) is 11.0. The number of nitrogens with zero attached hydrogens (tertiary/aromatic N) is 4. The first-order valence-corrected chi connectivity index (χ1v) is 26.0. The smallest absolute Gasteiger partial charge is 0.152 e. The van der Waals surface area contributed by atoms with Gasteiger partial charge in [-0.2, -0.15) is 0 Å². The third-order valence-corrected chi connectivity index (χ3v) is 15.1. The van der Waals surface area contributed by atoms with E-state index in [9.17, 15) is 5.11 Å². The third kappa shape index (κ3) is 8.37. The zero-order valence-electron chi connectivity index (χ0n) is 45.0. The van der Waals surface area contributed by atoms with Crippen molar-refractivity contribution in [1.82, 2.24) is 19.1 Å². The third-order valence-electron chi connectivity index (χ3n) is 15.1. The standard InChI is InChI=1S/C68H63N4O2.Pt/c1-65(2,3)43-31-32-54(49(36-43)40-21-14-13-15-22-40)72-56-28-19-23-46(61(56)70-64(72)50-37-45(67(7,8)9)38-51(63(50)73)68(10,11)12)41-33-42(35-44(34-41)66(4,5)6)53-39-57-60-47(24-18-26-52(60)69-53)48-25-20-30-59-62(48)71(57)55-27-16-17-29-58(55)74-59;/h13-32,34-39,73H,1-12H3;/q-1;. The topological polar surface area (TPSA) is 69.0 Å². The van der Waals surface area contributed by atoms with Crippen molar-refractivity contribution in [2.75, 3.05) is 0 Å². The number of aromatic nitrogens is 4. The van der Waals surface area contributed by atoms with E-state index in [2.05, 4.69) is 244 Å². The molecule has 2 aromatic heterocycles. The molecule has 4 heterocycles. The predicted molar refractivity (Wildman–Crippen MR) is 309 cm³/mol. The maximum atomic E-state index is 12.7. The molecule has 2 aliphatic rings. The van der Waals surface area contributed by atoms with Crippen molar-refractivity contribution in [3.63, 3.8) is 0 Å². The molecule has 6 nitrogen and oxygen atoms in total. The molecule has 0 aliphatic carbocycles. The zero-order valence-corrected chi connectivity index (χ0v) is 47.2. The van der Waals surface area contributed by atoms with E-state index in [-0.39, 0.29) is 48.5 Å². The van der Waals surface area contributed by atoms with Crippen molar-refractivity contribution in [1.29, 1.82) is 0 Å². The van der Waals surface area contributed by atoms with Gasteiger partial charge in [0.05, 0.1) is 44.5 Å². The SMILES string of the molecule is CC(C)(C)c1cc(-c2cc3c4c(cccc4c4cccc5oc6ccccc6n3-c54)n2)[c-]c(-c2cccc3c2nc(-c2cc(C(C)(C)C)cc(C(C)(C)C)c2O)n3-c2ccc(C(C)(C)C)cc2-c2ccccc2)c1.[Pt]. The van der Waals surface area contributed by atoms with Gasteiger partial charge >= 0.3 is 0 Å². The van der Waals surface area contributed by atoms with Gasteiger partial charge in [-0.05, 0) is 98.3 Å². The summed E-state index contributed by atoms with van der Waals surface area (Å²) in [7, 11) is 0. The van der Waals surface area contributed by atoms with Crippen LogP contribution in [-0.4, -0.2) is 24.2 Å². The van der Waals surface area contributed by atoms with Crippen LogP contribution in [0.4, 0.5) is 0 Å². The van der Waals surface area contributed by atoms with Crippen LogP contribution in [0.15, 0.2) is 162 Å². The second kappa shape index (κ2) is 17.7. The fourth-order valence-corrected chi connectivity index (χ4v) is 11.0. The average Bonchev–Trinajstić information content (AvgIpc) is 3.75. The van der Waals surface area contributed by atoms with Gasteiger partial charge in [0.2, 0.25) is 0 Å². The summed E-state index contributed by atoms with van der Waals surface area (Å²) in [5.41, 5.74) is 18.3. The Hall–Kier alpha value is -7.27. The quantitative estimate of drug-likeness (QED) is 0.106. The van der Waals surface area contributed by atoms with E-state index in [1.165, 1.54) is 5.56 Å². The summed E-state index contributed by atoms with van der Waals surface area (Å²) in [4.78, 5) is 11.3. The molecule has 1 N–H and O–H groups in total. The van der Waals surface area contributed by atoms with Crippen LogP contribution in [0.25, 0.3) is 111 Å². The molecule has 2 aliphatic heterocycles. The number of pyridine rings is 2. The molecular weight excluding hydrogens is 1100 g/mol.